The zero-order valence-corrected chi connectivity index (χ0v) is 19.7. The molecule has 0 saturated carbocycles. The summed E-state index contributed by atoms with van der Waals surface area (Å²) in [6.45, 7) is 4.48. The molecule has 8 heteroatoms. The smallest absolute Gasteiger partial charge is 0.250 e. The Kier molecular flexibility index (Phi) is 6.77. The summed E-state index contributed by atoms with van der Waals surface area (Å²) in [7, 11) is 1.57. The zero-order chi connectivity index (χ0) is 23.8. The van der Waals surface area contributed by atoms with E-state index in [2.05, 4.69) is 10.6 Å². The summed E-state index contributed by atoms with van der Waals surface area (Å²) in [4.78, 5) is 41.8. The fraction of sp³-hybridized carbons (Fsp3) is 0.640. The van der Waals surface area contributed by atoms with Gasteiger partial charge in [-0.2, -0.15) is 0 Å². The summed E-state index contributed by atoms with van der Waals surface area (Å²) >= 11 is 0. The van der Waals surface area contributed by atoms with E-state index in [1.54, 1.807) is 11.9 Å². The second kappa shape index (κ2) is 9.43. The third-order valence-electron chi connectivity index (χ3n) is 7.63. The number of carbonyl (C=O) groups excluding carboxylic acids is 3. The summed E-state index contributed by atoms with van der Waals surface area (Å²) in [5.74, 6) is -1.81. The highest BCUT2D eigenvalue weighted by atomic mass is 16.5. The van der Waals surface area contributed by atoms with Crippen molar-refractivity contribution in [1.29, 1.82) is 0 Å². The standard InChI is InChI=1S/C25H35N3O5/c1-15-9-8-10-16(2)20(15)27-23(31)21-25-12-11-17(33-25)18(22(30)26-3)19(25)24(32)28(21)13-6-4-5-7-14-29/h8-10,17-19,21,29H,4-7,11-14H2,1-3H3,(H,26,30)(H,27,31)/t17-,18+,19+,21?,25?/m1/s1. The van der Waals surface area contributed by atoms with E-state index in [9.17, 15) is 14.4 Å². The van der Waals surface area contributed by atoms with Crippen LogP contribution in [0.15, 0.2) is 18.2 Å². The number of likely N-dealkylation sites (tertiary alicyclic amines) is 1. The molecule has 3 heterocycles. The minimum absolute atomic E-state index is 0.150. The van der Waals surface area contributed by atoms with Crippen molar-refractivity contribution in [3.8, 4) is 0 Å². The van der Waals surface area contributed by atoms with E-state index in [0.29, 0.717) is 19.4 Å². The predicted molar refractivity (Wildman–Crippen MR) is 123 cm³/mol. The summed E-state index contributed by atoms with van der Waals surface area (Å²) in [5.41, 5.74) is 1.70. The molecule has 0 aromatic heterocycles. The van der Waals surface area contributed by atoms with Gasteiger partial charge in [-0.1, -0.05) is 31.0 Å². The van der Waals surface area contributed by atoms with Gasteiger partial charge in [0.1, 0.15) is 11.6 Å². The average Bonchev–Trinajstić information content (AvgIpc) is 3.43. The van der Waals surface area contributed by atoms with Crippen molar-refractivity contribution >= 4 is 23.4 Å². The van der Waals surface area contributed by atoms with Gasteiger partial charge in [0.15, 0.2) is 0 Å². The third-order valence-corrected chi connectivity index (χ3v) is 7.63. The number of aryl methyl sites for hydroxylation is 2. The van der Waals surface area contributed by atoms with E-state index in [1.165, 1.54) is 0 Å². The zero-order valence-electron chi connectivity index (χ0n) is 19.7. The van der Waals surface area contributed by atoms with E-state index in [1.807, 2.05) is 32.0 Å². The van der Waals surface area contributed by atoms with Crippen molar-refractivity contribution in [2.24, 2.45) is 11.8 Å². The van der Waals surface area contributed by atoms with E-state index >= 15 is 0 Å². The number of unbranched alkanes of at least 4 members (excludes halogenated alkanes) is 3. The van der Waals surface area contributed by atoms with Crippen molar-refractivity contribution in [2.45, 2.75) is 70.1 Å². The number of ether oxygens (including phenoxy) is 1. The highest BCUT2D eigenvalue weighted by Crippen LogP contribution is 2.58. The molecule has 0 radical (unpaired) electrons. The van der Waals surface area contributed by atoms with Crippen molar-refractivity contribution in [3.63, 3.8) is 0 Å². The van der Waals surface area contributed by atoms with Crippen LogP contribution in [0.3, 0.4) is 0 Å². The molecule has 1 aromatic rings. The molecule has 3 amide bonds. The molecule has 33 heavy (non-hydrogen) atoms. The molecule has 1 spiro atoms. The molecule has 180 valence electrons. The number of fused-ring (bicyclic) bond motifs is 1. The quantitative estimate of drug-likeness (QED) is 0.491. The van der Waals surface area contributed by atoms with Gasteiger partial charge in [-0.15, -0.1) is 0 Å². The lowest BCUT2D eigenvalue weighted by Gasteiger charge is -2.33. The molecular formula is C25H35N3O5. The number of hydrogen-bond donors (Lipinski definition) is 3. The van der Waals surface area contributed by atoms with Gasteiger partial charge >= 0.3 is 0 Å². The van der Waals surface area contributed by atoms with Crippen molar-refractivity contribution in [1.82, 2.24) is 10.2 Å². The van der Waals surface area contributed by atoms with Crippen LogP contribution in [0.25, 0.3) is 0 Å². The first-order valence-corrected chi connectivity index (χ1v) is 12.0. The fourth-order valence-corrected chi connectivity index (χ4v) is 6.11. The van der Waals surface area contributed by atoms with Crippen LogP contribution in [0.2, 0.25) is 0 Å². The van der Waals surface area contributed by atoms with Gasteiger partial charge in [0.25, 0.3) is 0 Å². The molecule has 0 aliphatic carbocycles. The maximum absolute atomic E-state index is 13.8. The van der Waals surface area contributed by atoms with Gasteiger partial charge in [0, 0.05) is 25.9 Å². The Morgan fingerprint density at radius 2 is 1.85 bits per heavy atom. The topological polar surface area (TPSA) is 108 Å². The summed E-state index contributed by atoms with van der Waals surface area (Å²) in [5, 5.41) is 14.8. The number of benzene rings is 1. The molecule has 3 N–H and O–H groups in total. The number of amides is 3. The van der Waals surface area contributed by atoms with Crippen LogP contribution >= 0.6 is 0 Å². The van der Waals surface area contributed by atoms with Crippen LogP contribution in [0, 0.1) is 25.7 Å². The summed E-state index contributed by atoms with van der Waals surface area (Å²) in [6, 6.07) is 5.07. The fourth-order valence-electron chi connectivity index (χ4n) is 6.11. The van der Waals surface area contributed by atoms with Crippen LogP contribution < -0.4 is 10.6 Å². The Labute approximate surface area is 195 Å². The van der Waals surface area contributed by atoms with E-state index in [0.717, 1.165) is 42.5 Å². The molecule has 8 nitrogen and oxygen atoms in total. The molecule has 5 atom stereocenters. The van der Waals surface area contributed by atoms with Gasteiger partial charge in [-0.25, -0.2) is 0 Å². The number of aliphatic hydroxyl groups excluding tert-OH is 1. The third kappa shape index (κ3) is 3.93. The minimum Gasteiger partial charge on any atom is -0.396 e. The normalized spacial score (nSPS) is 29.9. The molecule has 4 rings (SSSR count). The van der Waals surface area contributed by atoms with Crippen LogP contribution in [-0.2, 0) is 19.1 Å². The van der Waals surface area contributed by atoms with Gasteiger partial charge in [0.05, 0.1) is 17.9 Å². The number of hydrogen-bond acceptors (Lipinski definition) is 5. The first-order valence-electron chi connectivity index (χ1n) is 12.0. The number of nitrogens with one attached hydrogen (secondary N) is 2. The van der Waals surface area contributed by atoms with Gasteiger partial charge in [0.2, 0.25) is 17.7 Å². The average molecular weight is 458 g/mol. The number of nitrogens with zero attached hydrogens (tertiary/aromatic N) is 1. The van der Waals surface area contributed by atoms with E-state index in [4.69, 9.17) is 9.84 Å². The number of aliphatic hydroxyl groups is 1. The van der Waals surface area contributed by atoms with Crippen LogP contribution in [-0.4, -0.2) is 65.7 Å². The van der Waals surface area contributed by atoms with Gasteiger partial charge in [-0.3, -0.25) is 14.4 Å². The van der Waals surface area contributed by atoms with Crippen molar-refractivity contribution in [2.75, 3.05) is 25.5 Å². The number of para-hydroxylation sites is 1. The highest BCUT2D eigenvalue weighted by molar-refractivity contribution is 6.04. The maximum atomic E-state index is 13.8. The second-order valence-corrected chi connectivity index (χ2v) is 9.60. The number of anilines is 1. The molecule has 2 bridgehead atoms. The number of rotatable bonds is 9. The molecule has 3 fully saturated rings. The largest absolute Gasteiger partial charge is 0.396 e. The Morgan fingerprint density at radius 3 is 2.52 bits per heavy atom. The van der Waals surface area contributed by atoms with Crippen molar-refractivity contribution in [3.05, 3.63) is 29.3 Å². The predicted octanol–water partition coefficient (Wildman–Crippen LogP) is 1.92. The second-order valence-electron chi connectivity index (χ2n) is 9.60. The van der Waals surface area contributed by atoms with E-state index < -0.39 is 23.5 Å². The first-order chi connectivity index (χ1) is 15.9. The monoisotopic (exact) mass is 457 g/mol. The van der Waals surface area contributed by atoms with Crippen LogP contribution in [0.1, 0.15) is 49.7 Å². The molecule has 3 aliphatic heterocycles. The molecule has 3 saturated heterocycles. The maximum Gasteiger partial charge on any atom is 0.250 e. The first kappa shape index (κ1) is 23.7. The van der Waals surface area contributed by atoms with Gasteiger partial charge in [-0.05, 0) is 50.7 Å². The lowest BCUT2D eigenvalue weighted by molar-refractivity contribution is -0.140. The summed E-state index contributed by atoms with van der Waals surface area (Å²) < 4.78 is 6.38. The Bertz CT molecular complexity index is 914. The number of carbonyl (C=O) groups is 3. The van der Waals surface area contributed by atoms with Crippen LogP contribution in [0.4, 0.5) is 5.69 Å². The van der Waals surface area contributed by atoms with Gasteiger partial charge < -0.3 is 25.4 Å². The lowest BCUT2D eigenvalue weighted by Crippen LogP contribution is -2.53. The minimum atomic E-state index is -0.968. The Balaban J connectivity index is 1.64. The van der Waals surface area contributed by atoms with Crippen LogP contribution in [0.5, 0.6) is 0 Å². The molecular weight excluding hydrogens is 422 g/mol. The van der Waals surface area contributed by atoms with E-state index in [-0.39, 0.29) is 30.4 Å². The molecule has 1 aromatic carbocycles. The highest BCUT2D eigenvalue weighted by Gasteiger charge is 2.74. The molecule has 2 unspecified atom stereocenters. The van der Waals surface area contributed by atoms with Crippen molar-refractivity contribution < 1.29 is 24.2 Å². The summed E-state index contributed by atoms with van der Waals surface area (Å²) in [6.07, 6.45) is 4.10. The Hall–Kier alpha value is -2.45. The molecule has 3 aliphatic rings. The Morgan fingerprint density at radius 1 is 1.15 bits per heavy atom. The lowest BCUT2D eigenvalue weighted by atomic mass is 9.70. The SMILES string of the molecule is CNC(=O)[C@@H]1[C@H]2C(=O)N(CCCCCCO)C(C(=O)Nc3c(C)cccc3C)C23CC[C@H]1O3.